The summed E-state index contributed by atoms with van der Waals surface area (Å²) in [6.45, 7) is 3.09. The van der Waals surface area contributed by atoms with Crippen molar-refractivity contribution in [3.05, 3.63) is 28.8 Å². The zero-order valence-electron chi connectivity index (χ0n) is 12.3. The van der Waals surface area contributed by atoms with E-state index < -0.39 is 0 Å². The van der Waals surface area contributed by atoms with Gasteiger partial charge in [0, 0.05) is 36.8 Å². The fourth-order valence-corrected chi connectivity index (χ4v) is 2.64. The van der Waals surface area contributed by atoms with Crippen molar-refractivity contribution in [2.75, 3.05) is 25.5 Å². The highest BCUT2D eigenvalue weighted by Gasteiger charge is 2.26. The van der Waals surface area contributed by atoms with E-state index in [1.807, 2.05) is 13.0 Å². The Labute approximate surface area is 129 Å². The maximum Gasteiger partial charge on any atom is 0.321 e. The summed E-state index contributed by atoms with van der Waals surface area (Å²) in [5, 5.41) is 6.13. The monoisotopic (exact) mass is 309 g/mol. The second kappa shape index (κ2) is 6.80. The van der Waals surface area contributed by atoms with Crippen molar-refractivity contribution >= 4 is 29.2 Å². The van der Waals surface area contributed by atoms with Gasteiger partial charge >= 0.3 is 6.03 Å². The van der Waals surface area contributed by atoms with Gasteiger partial charge < -0.3 is 15.5 Å². The topological polar surface area (TPSA) is 61.4 Å². The van der Waals surface area contributed by atoms with Crippen LogP contribution in [0.15, 0.2) is 18.2 Å². The molecule has 0 spiro atoms. The zero-order valence-corrected chi connectivity index (χ0v) is 13.0. The molecular weight excluding hydrogens is 290 g/mol. The Morgan fingerprint density at radius 2 is 1.95 bits per heavy atom. The third-order valence-electron chi connectivity index (χ3n) is 3.84. The number of anilines is 1. The molecule has 5 nitrogen and oxygen atoms in total. The molecular formula is C15H20ClN3O2. The van der Waals surface area contributed by atoms with Gasteiger partial charge in [-0.2, -0.15) is 0 Å². The third-order valence-corrected chi connectivity index (χ3v) is 4.08. The summed E-state index contributed by atoms with van der Waals surface area (Å²) in [4.78, 5) is 25.6. The van der Waals surface area contributed by atoms with Gasteiger partial charge in [-0.05, 0) is 37.5 Å². The summed E-state index contributed by atoms with van der Waals surface area (Å²) in [6.07, 6.45) is 1.39. The quantitative estimate of drug-likeness (QED) is 0.882. The van der Waals surface area contributed by atoms with E-state index in [9.17, 15) is 9.59 Å². The van der Waals surface area contributed by atoms with Crippen molar-refractivity contribution in [3.8, 4) is 0 Å². The minimum Gasteiger partial charge on any atom is -0.359 e. The Morgan fingerprint density at radius 3 is 2.57 bits per heavy atom. The first-order chi connectivity index (χ1) is 10.0. The number of rotatable bonds is 2. The maximum atomic E-state index is 12.2. The van der Waals surface area contributed by atoms with Gasteiger partial charge in [-0.1, -0.05) is 17.7 Å². The van der Waals surface area contributed by atoms with Crippen LogP contribution in [0.25, 0.3) is 0 Å². The molecule has 0 radical (unpaired) electrons. The third kappa shape index (κ3) is 3.88. The molecule has 2 rings (SSSR count). The van der Waals surface area contributed by atoms with Crippen LogP contribution < -0.4 is 10.6 Å². The van der Waals surface area contributed by atoms with Crippen molar-refractivity contribution in [1.29, 1.82) is 0 Å². The maximum absolute atomic E-state index is 12.2. The predicted octanol–water partition coefficient (Wildman–Crippen LogP) is 2.64. The molecule has 0 unspecified atom stereocenters. The van der Waals surface area contributed by atoms with Gasteiger partial charge in [0.2, 0.25) is 5.91 Å². The second-order valence-corrected chi connectivity index (χ2v) is 5.70. The number of aryl methyl sites for hydroxylation is 1. The normalized spacial score (nSPS) is 15.7. The summed E-state index contributed by atoms with van der Waals surface area (Å²) in [5.74, 6) is 0.0627. The molecule has 1 aliphatic rings. The molecule has 1 aliphatic heterocycles. The number of urea groups is 1. The first-order valence-corrected chi connectivity index (χ1v) is 7.42. The van der Waals surface area contributed by atoms with Crippen molar-refractivity contribution < 1.29 is 9.59 Å². The Bertz CT molecular complexity index is 540. The van der Waals surface area contributed by atoms with Crippen LogP contribution in [0.1, 0.15) is 18.4 Å². The lowest BCUT2D eigenvalue weighted by Crippen LogP contribution is -2.44. The minimum absolute atomic E-state index is 0.00644. The van der Waals surface area contributed by atoms with E-state index in [4.69, 9.17) is 11.6 Å². The van der Waals surface area contributed by atoms with Crippen molar-refractivity contribution in [2.45, 2.75) is 19.8 Å². The highest BCUT2D eigenvalue weighted by molar-refractivity contribution is 6.31. The molecule has 114 valence electrons. The van der Waals surface area contributed by atoms with Crippen LogP contribution in [0, 0.1) is 12.8 Å². The van der Waals surface area contributed by atoms with E-state index in [1.54, 1.807) is 24.1 Å². The average Bonchev–Trinajstić information content (AvgIpc) is 2.50. The van der Waals surface area contributed by atoms with Gasteiger partial charge in [0.25, 0.3) is 0 Å². The van der Waals surface area contributed by atoms with Crippen molar-refractivity contribution in [3.63, 3.8) is 0 Å². The van der Waals surface area contributed by atoms with E-state index in [-0.39, 0.29) is 17.9 Å². The molecule has 0 aliphatic carbocycles. The minimum atomic E-state index is -0.143. The van der Waals surface area contributed by atoms with E-state index >= 15 is 0 Å². The fourth-order valence-electron chi connectivity index (χ4n) is 2.47. The lowest BCUT2D eigenvalue weighted by Gasteiger charge is -2.31. The molecule has 2 N–H and O–H groups in total. The van der Waals surface area contributed by atoms with Crippen molar-refractivity contribution in [2.24, 2.45) is 5.92 Å². The number of hydrogen-bond acceptors (Lipinski definition) is 2. The van der Waals surface area contributed by atoms with Gasteiger partial charge in [0.1, 0.15) is 0 Å². The Kier molecular flexibility index (Phi) is 5.07. The number of halogens is 1. The molecule has 21 heavy (non-hydrogen) atoms. The Hall–Kier alpha value is -1.75. The van der Waals surface area contributed by atoms with Crippen LogP contribution in [0.3, 0.4) is 0 Å². The van der Waals surface area contributed by atoms with Crippen LogP contribution in [0.4, 0.5) is 10.5 Å². The molecule has 3 amide bonds. The number of amides is 3. The van der Waals surface area contributed by atoms with Gasteiger partial charge in [-0.3, -0.25) is 4.79 Å². The summed E-state index contributed by atoms with van der Waals surface area (Å²) in [6, 6.07) is 5.26. The highest BCUT2D eigenvalue weighted by atomic mass is 35.5. The average molecular weight is 310 g/mol. The number of benzene rings is 1. The lowest BCUT2D eigenvalue weighted by atomic mass is 9.96. The second-order valence-electron chi connectivity index (χ2n) is 5.26. The number of carbonyl (C=O) groups excluding carboxylic acids is 2. The standard InChI is InChI=1S/C15H20ClN3O2/c1-10-3-4-12(16)9-13(10)18-15(21)19-7-5-11(6-8-19)14(20)17-2/h3-4,9,11H,5-8H2,1-2H3,(H,17,20)(H,18,21). The van der Waals surface area contributed by atoms with Crippen molar-refractivity contribution in [1.82, 2.24) is 10.2 Å². The number of hydrogen-bond donors (Lipinski definition) is 2. The number of nitrogens with zero attached hydrogens (tertiary/aromatic N) is 1. The summed E-state index contributed by atoms with van der Waals surface area (Å²) < 4.78 is 0. The molecule has 6 heteroatoms. The van der Waals surface area contributed by atoms with Gasteiger partial charge in [0.15, 0.2) is 0 Å². The zero-order chi connectivity index (χ0) is 15.4. The molecule has 1 saturated heterocycles. The molecule has 0 aromatic heterocycles. The summed E-state index contributed by atoms with van der Waals surface area (Å²) in [7, 11) is 1.64. The molecule has 1 heterocycles. The van der Waals surface area contributed by atoms with Crippen LogP contribution in [-0.2, 0) is 4.79 Å². The number of carbonyl (C=O) groups is 2. The molecule has 0 saturated carbocycles. The van der Waals surface area contributed by atoms with Gasteiger partial charge in [-0.15, -0.1) is 0 Å². The smallest absolute Gasteiger partial charge is 0.321 e. The van der Waals surface area contributed by atoms with E-state index in [0.717, 1.165) is 11.3 Å². The number of nitrogens with one attached hydrogen (secondary N) is 2. The molecule has 1 aromatic rings. The SMILES string of the molecule is CNC(=O)C1CCN(C(=O)Nc2cc(Cl)ccc2C)CC1. The van der Waals surface area contributed by atoms with Gasteiger partial charge in [0.05, 0.1) is 0 Å². The number of piperidine rings is 1. The fraction of sp³-hybridized carbons (Fsp3) is 0.467. The largest absolute Gasteiger partial charge is 0.359 e. The van der Waals surface area contributed by atoms with E-state index in [2.05, 4.69) is 10.6 Å². The van der Waals surface area contributed by atoms with Crippen LogP contribution in [-0.4, -0.2) is 37.0 Å². The first-order valence-electron chi connectivity index (χ1n) is 7.05. The van der Waals surface area contributed by atoms with Gasteiger partial charge in [-0.25, -0.2) is 4.79 Å². The Morgan fingerprint density at radius 1 is 1.29 bits per heavy atom. The molecule has 1 fully saturated rings. The summed E-state index contributed by atoms with van der Waals surface area (Å²) >= 11 is 5.95. The Balaban J connectivity index is 1.93. The van der Waals surface area contributed by atoms with Crippen LogP contribution in [0.5, 0.6) is 0 Å². The molecule has 1 aromatic carbocycles. The first kappa shape index (κ1) is 15.6. The lowest BCUT2D eigenvalue weighted by molar-refractivity contribution is -0.125. The molecule has 0 atom stereocenters. The number of likely N-dealkylation sites (tertiary alicyclic amines) is 1. The van der Waals surface area contributed by atoms with E-state index in [0.29, 0.717) is 31.0 Å². The predicted molar refractivity (Wildman–Crippen MR) is 83.6 cm³/mol. The van der Waals surface area contributed by atoms with Crippen LogP contribution >= 0.6 is 11.6 Å². The van der Waals surface area contributed by atoms with Crippen LogP contribution in [0.2, 0.25) is 5.02 Å². The van der Waals surface area contributed by atoms with E-state index in [1.165, 1.54) is 0 Å². The summed E-state index contributed by atoms with van der Waals surface area (Å²) in [5.41, 5.74) is 1.69. The highest BCUT2D eigenvalue weighted by Crippen LogP contribution is 2.22. The molecule has 0 bridgehead atoms.